The second kappa shape index (κ2) is 22.5. The van der Waals surface area contributed by atoms with E-state index in [2.05, 4.69) is 73.9 Å². The van der Waals surface area contributed by atoms with E-state index in [4.69, 9.17) is 14.6 Å². The van der Waals surface area contributed by atoms with Gasteiger partial charge in [-0.3, -0.25) is 9.80 Å². The first-order chi connectivity index (χ1) is 30.3. The lowest BCUT2D eigenvalue weighted by Crippen LogP contribution is -2.54. The maximum absolute atomic E-state index is 13.6. The number of rotatable bonds is 11. The minimum atomic E-state index is -0.341. The molecule has 0 aliphatic carbocycles. The van der Waals surface area contributed by atoms with Crippen molar-refractivity contribution in [1.82, 2.24) is 20.0 Å². The van der Waals surface area contributed by atoms with E-state index >= 15 is 0 Å². The number of alkyl halides is 1. The van der Waals surface area contributed by atoms with E-state index in [1.54, 1.807) is 21.1 Å². The number of ether oxygens (including phenoxy) is 2. The summed E-state index contributed by atoms with van der Waals surface area (Å²) >= 11 is 10.0. The Hall–Kier alpha value is -3.70. The number of carbonyl (C=O) groups excluding carboxylic acids is 2. The van der Waals surface area contributed by atoms with E-state index in [9.17, 15) is 14.7 Å². The number of piperidine rings is 2. The number of hydrogen-bond acceptors (Lipinski definition) is 8. The van der Waals surface area contributed by atoms with Crippen molar-refractivity contribution < 1.29 is 29.3 Å². The number of aliphatic hydroxyl groups excluding tert-OH is 2. The summed E-state index contributed by atoms with van der Waals surface area (Å²) in [5.74, 6) is 1.62. The van der Waals surface area contributed by atoms with Crippen molar-refractivity contribution in [2.24, 2.45) is 0 Å². The molecule has 340 valence electrons. The smallest absolute Gasteiger partial charge is 0.325 e. The third kappa shape index (κ3) is 12.4. The fraction of sp³-hybridized carbons (Fsp3) is 0.458. The lowest BCUT2D eigenvalue weighted by molar-refractivity contribution is 0.0488. The van der Waals surface area contributed by atoms with Gasteiger partial charge in [0.2, 0.25) is 0 Å². The standard InChI is InChI=1S/C24H30BrN3O3.C21H24BrN3O2.C3H7BrO/c1-18(29)15-26-12-10-24(11-13-26)17-27(21-8-6-20(25)7-9-21)23(30)28(24)16-19-4-3-5-22(14-19)31-2;1-27-19-4-2-3-16(13-19)14-25-20(26)24(18-7-5-17(22)6-8-18)15-21(25)9-11-23-12-10-21;1-3(5)2-4/h3-9,14,18,29H,10-13,15-17H2,1-2H3;2-8,13,23H,9-12,14-15H2,1H3;3,5H,2H2,1H3. The molecule has 4 aromatic carbocycles. The molecule has 0 aromatic heterocycles. The fourth-order valence-corrected chi connectivity index (χ4v) is 9.42. The number of hydrogen-bond donors (Lipinski definition) is 3. The second-order valence-corrected chi connectivity index (χ2v) is 19.4. The summed E-state index contributed by atoms with van der Waals surface area (Å²) < 4.78 is 12.8. The molecule has 2 spiro atoms. The van der Waals surface area contributed by atoms with Crippen molar-refractivity contribution in [2.75, 3.05) is 75.2 Å². The van der Waals surface area contributed by atoms with Crippen LogP contribution in [0.5, 0.6) is 11.5 Å². The van der Waals surface area contributed by atoms with Gasteiger partial charge in [-0.2, -0.15) is 0 Å². The van der Waals surface area contributed by atoms with Gasteiger partial charge in [0, 0.05) is 58.4 Å². The Kier molecular flexibility index (Phi) is 17.4. The van der Waals surface area contributed by atoms with Gasteiger partial charge >= 0.3 is 12.1 Å². The summed E-state index contributed by atoms with van der Waals surface area (Å²) in [6.07, 6.45) is 3.18. The number of likely N-dealkylation sites (tertiary alicyclic amines) is 1. The Morgan fingerprint density at radius 2 is 1.06 bits per heavy atom. The zero-order chi connectivity index (χ0) is 45.1. The molecule has 3 N–H and O–H groups in total. The molecule has 12 nitrogen and oxygen atoms in total. The Balaban J connectivity index is 0.000000191. The van der Waals surface area contributed by atoms with Gasteiger partial charge in [-0.15, -0.1) is 0 Å². The zero-order valence-electron chi connectivity index (χ0n) is 36.7. The average Bonchev–Trinajstić information content (AvgIpc) is 3.70. The molecule has 4 aromatic rings. The quantitative estimate of drug-likeness (QED) is 0.128. The molecule has 63 heavy (non-hydrogen) atoms. The largest absolute Gasteiger partial charge is 0.497 e. The van der Waals surface area contributed by atoms with Crippen molar-refractivity contribution in [3.05, 3.63) is 117 Å². The summed E-state index contributed by atoms with van der Waals surface area (Å²) in [6, 6.07) is 32.0. The van der Waals surface area contributed by atoms with Crippen LogP contribution in [-0.2, 0) is 13.1 Å². The maximum Gasteiger partial charge on any atom is 0.325 e. The van der Waals surface area contributed by atoms with Gasteiger partial charge in [-0.05, 0) is 137 Å². The van der Waals surface area contributed by atoms with Crippen molar-refractivity contribution in [3.63, 3.8) is 0 Å². The summed E-state index contributed by atoms with van der Waals surface area (Å²) in [4.78, 5) is 37.3. The lowest BCUT2D eigenvalue weighted by atomic mass is 9.86. The molecule has 0 radical (unpaired) electrons. The number of nitrogens with one attached hydrogen (secondary N) is 1. The number of aliphatic hydroxyl groups is 2. The Labute approximate surface area is 397 Å². The number of halogens is 3. The van der Waals surface area contributed by atoms with Crippen LogP contribution < -0.4 is 24.6 Å². The van der Waals surface area contributed by atoms with Gasteiger partial charge in [0.25, 0.3) is 0 Å². The van der Waals surface area contributed by atoms with E-state index in [1.165, 1.54) is 0 Å². The second-order valence-electron chi connectivity index (χ2n) is 16.9. The maximum atomic E-state index is 13.6. The van der Waals surface area contributed by atoms with Crippen LogP contribution in [0, 0.1) is 0 Å². The topological polar surface area (TPSA) is 121 Å². The molecular formula is C48H61Br3N6O6. The highest BCUT2D eigenvalue weighted by Gasteiger charge is 2.52. The molecular weight excluding hydrogens is 996 g/mol. The van der Waals surface area contributed by atoms with Gasteiger partial charge in [0.15, 0.2) is 0 Å². The number of β-amino-alcohol motifs (C(OH)–C–C–N with tert-alkyl or cyclic N) is 1. The molecule has 2 atom stereocenters. The first-order valence-electron chi connectivity index (χ1n) is 21.6. The van der Waals surface area contributed by atoms with Gasteiger partial charge in [-0.25, -0.2) is 9.59 Å². The molecule has 4 amide bonds. The van der Waals surface area contributed by atoms with Crippen molar-refractivity contribution in [2.45, 2.75) is 75.9 Å². The molecule has 4 aliphatic heterocycles. The predicted octanol–water partition coefficient (Wildman–Crippen LogP) is 8.90. The van der Waals surface area contributed by atoms with Gasteiger partial charge in [-0.1, -0.05) is 72.1 Å². The Morgan fingerprint density at radius 3 is 1.44 bits per heavy atom. The molecule has 4 saturated heterocycles. The first-order valence-corrected chi connectivity index (χ1v) is 24.3. The fourth-order valence-electron chi connectivity index (χ4n) is 8.89. The molecule has 4 aliphatic rings. The van der Waals surface area contributed by atoms with Gasteiger partial charge < -0.3 is 39.7 Å². The van der Waals surface area contributed by atoms with Crippen LogP contribution in [0.4, 0.5) is 21.0 Å². The minimum Gasteiger partial charge on any atom is -0.497 e. The SMILES string of the molecule is CC(O)CBr.COc1cccc(CN2C(=O)N(c3ccc(Br)cc3)CC23CCN(CC(C)O)CC3)c1.COc1cccc(CN2C(=O)N(c3ccc(Br)cc3)CC23CCNCC3)c1. The summed E-state index contributed by atoms with van der Waals surface area (Å²) in [7, 11) is 3.33. The van der Waals surface area contributed by atoms with Crippen molar-refractivity contribution in [3.8, 4) is 11.5 Å². The molecule has 0 saturated carbocycles. The number of carbonyl (C=O) groups is 2. The van der Waals surface area contributed by atoms with Crippen LogP contribution in [0.25, 0.3) is 0 Å². The van der Waals surface area contributed by atoms with E-state index in [0.29, 0.717) is 31.5 Å². The predicted molar refractivity (Wildman–Crippen MR) is 261 cm³/mol. The Bertz CT molecular complexity index is 2100. The average molecular weight is 1060 g/mol. The number of nitrogens with zero attached hydrogens (tertiary/aromatic N) is 5. The van der Waals surface area contributed by atoms with Crippen LogP contribution in [0.1, 0.15) is 50.7 Å². The highest BCUT2D eigenvalue weighted by Crippen LogP contribution is 2.41. The monoisotopic (exact) mass is 1050 g/mol. The van der Waals surface area contributed by atoms with Crippen LogP contribution in [0.15, 0.2) is 106 Å². The molecule has 15 heteroatoms. The van der Waals surface area contributed by atoms with Gasteiger partial charge in [0.05, 0.1) is 50.6 Å². The van der Waals surface area contributed by atoms with Crippen molar-refractivity contribution >= 4 is 71.2 Å². The molecule has 0 bridgehead atoms. The first kappa shape index (κ1) is 48.7. The van der Waals surface area contributed by atoms with E-state index < -0.39 is 0 Å². The lowest BCUT2D eigenvalue weighted by Gasteiger charge is -2.44. The minimum absolute atomic E-state index is 0.0501. The molecule has 4 fully saturated rings. The van der Waals surface area contributed by atoms with Crippen molar-refractivity contribution in [1.29, 1.82) is 0 Å². The van der Waals surface area contributed by atoms with Gasteiger partial charge in [0.1, 0.15) is 11.5 Å². The molecule has 4 heterocycles. The molecule has 8 rings (SSSR count). The van der Waals surface area contributed by atoms with Crippen LogP contribution in [-0.4, -0.2) is 126 Å². The normalized spacial score (nSPS) is 19.1. The highest BCUT2D eigenvalue weighted by molar-refractivity contribution is 9.10. The van der Waals surface area contributed by atoms with E-state index in [0.717, 1.165) is 101 Å². The Morgan fingerprint density at radius 1 is 0.651 bits per heavy atom. The van der Waals surface area contributed by atoms with Crippen LogP contribution in [0.3, 0.4) is 0 Å². The van der Waals surface area contributed by atoms with E-state index in [1.807, 2.05) is 108 Å². The summed E-state index contributed by atoms with van der Waals surface area (Å²) in [5.41, 5.74) is 3.69. The highest BCUT2D eigenvalue weighted by atomic mass is 79.9. The van der Waals surface area contributed by atoms with E-state index in [-0.39, 0.29) is 35.3 Å². The third-order valence-electron chi connectivity index (χ3n) is 12.3. The third-order valence-corrected chi connectivity index (χ3v) is 14.3. The molecule has 2 unspecified atom stereocenters. The number of benzene rings is 4. The number of anilines is 2. The summed E-state index contributed by atoms with van der Waals surface area (Å²) in [6.45, 7) is 10.4. The number of methoxy groups -OCH3 is 2. The number of urea groups is 2. The van der Waals surface area contributed by atoms with Crippen LogP contribution in [0.2, 0.25) is 0 Å². The summed E-state index contributed by atoms with van der Waals surface area (Å²) in [5, 5.41) is 22.2. The number of amides is 4. The van der Waals surface area contributed by atoms with Crippen LogP contribution >= 0.6 is 47.8 Å². The zero-order valence-corrected chi connectivity index (χ0v) is 41.4.